The molecule has 0 spiro atoms. The fourth-order valence-corrected chi connectivity index (χ4v) is 0.612. The lowest BCUT2D eigenvalue weighted by molar-refractivity contribution is 0.0703. The van der Waals surface area contributed by atoms with E-state index < -0.39 is 5.60 Å². The van der Waals surface area contributed by atoms with Crippen molar-refractivity contribution >= 4 is 0 Å². The second-order valence-electron chi connectivity index (χ2n) is 2.88. The van der Waals surface area contributed by atoms with Gasteiger partial charge in [0.2, 0.25) is 0 Å². The molecule has 0 aromatic carbocycles. The highest BCUT2D eigenvalue weighted by Crippen LogP contribution is 2.08. The molecule has 0 aromatic heterocycles. The molecule has 0 heterocycles. The lowest BCUT2D eigenvalue weighted by Crippen LogP contribution is -2.16. The Kier molecular flexibility index (Phi) is 8.85. The Morgan fingerprint density at radius 2 is 1.50 bits per heavy atom. The standard InChI is InChI=1S/C6H14O.C2H6O/c1-4-5-6(2,3)7;1-2-3/h7H,4-5H2,1-3H3;3H,2H2,1H3. The van der Waals surface area contributed by atoms with E-state index in [2.05, 4.69) is 6.92 Å². The van der Waals surface area contributed by atoms with Gasteiger partial charge in [-0.3, -0.25) is 0 Å². The van der Waals surface area contributed by atoms with E-state index in [4.69, 9.17) is 10.2 Å². The number of aliphatic hydroxyl groups is 2. The zero-order chi connectivity index (χ0) is 8.62. The first-order valence-electron chi connectivity index (χ1n) is 3.81. The summed E-state index contributed by atoms with van der Waals surface area (Å²) in [6.07, 6.45) is 1.95. The van der Waals surface area contributed by atoms with Gasteiger partial charge in [-0.05, 0) is 27.2 Å². The van der Waals surface area contributed by atoms with Crippen LogP contribution in [0.5, 0.6) is 0 Å². The van der Waals surface area contributed by atoms with Gasteiger partial charge in [-0.25, -0.2) is 0 Å². The zero-order valence-corrected chi connectivity index (χ0v) is 7.52. The van der Waals surface area contributed by atoms with E-state index in [1.54, 1.807) is 6.92 Å². The van der Waals surface area contributed by atoms with Gasteiger partial charge in [0.25, 0.3) is 0 Å². The highest BCUT2D eigenvalue weighted by atomic mass is 16.3. The van der Waals surface area contributed by atoms with Crippen molar-refractivity contribution in [2.24, 2.45) is 0 Å². The fraction of sp³-hybridized carbons (Fsp3) is 1.00. The third-order valence-electron chi connectivity index (χ3n) is 0.862. The molecule has 2 heteroatoms. The minimum atomic E-state index is -0.450. The molecule has 0 radical (unpaired) electrons. The van der Waals surface area contributed by atoms with Crippen molar-refractivity contribution < 1.29 is 10.2 Å². The smallest absolute Gasteiger partial charge is 0.0591 e. The van der Waals surface area contributed by atoms with Gasteiger partial charge < -0.3 is 10.2 Å². The molecule has 0 aromatic rings. The van der Waals surface area contributed by atoms with E-state index in [1.807, 2.05) is 13.8 Å². The van der Waals surface area contributed by atoms with Crippen LogP contribution < -0.4 is 0 Å². The van der Waals surface area contributed by atoms with Crippen LogP contribution in [0.15, 0.2) is 0 Å². The van der Waals surface area contributed by atoms with Crippen LogP contribution in [-0.4, -0.2) is 22.4 Å². The molecule has 10 heavy (non-hydrogen) atoms. The quantitative estimate of drug-likeness (QED) is 0.624. The summed E-state index contributed by atoms with van der Waals surface area (Å²) in [7, 11) is 0. The molecule has 0 saturated heterocycles. The van der Waals surface area contributed by atoms with E-state index in [1.165, 1.54) is 0 Å². The van der Waals surface area contributed by atoms with Crippen molar-refractivity contribution in [3.05, 3.63) is 0 Å². The van der Waals surface area contributed by atoms with Crippen LogP contribution in [0.3, 0.4) is 0 Å². The molecule has 0 aliphatic carbocycles. The van der Waals surface area contributed by atoms with Crippen LogP contribution in [0.25, 0.3) is 0 Å². The monoisotopic (exact) mass is 148 g/mol. The summed E-state index contributed by atoms with van der Waals surface area (Å²) in [5, 5.41) is 16.6. The fourth-order valence-electron chi connectivity index (χ4n) is 0.612. The molecule has 64 valence electrons. The van der Waals surface area contributed by atoms with Crippen LogP contribution in [0.1, 0.15) is 40.5 Å². The molecule has 0 saturated carbocycles. The summed E-state index contributed by atoms with van der Waals surface area (Å²) in [6, 6.07) is 0. The molecule has 0 aliphatic heterocycles. The van der Waals surface area contributed by atoms with Crippen LogP contribution in [-0.2, 0) is 0 Å². The Hall–Kier alpha value is -0.0800. The Morgan fingerprint density at radius 3 is 1.50 bits per heavy atom. The van der Waals surface area contributed by atoms with E-state index >= 15 is 0 Å². The number of hydrogen-bond donors (Lipinski definition) is 2. The van der Waals surface area contributed by atoms with Gasteiger partial charge >= 0.3 is 0 Å². The summed E-state index contributed by atoms with van der Waals surface area (Å²) in [6.45, 7) is 7.66. The van der Waals surface area contributed by atoms with Crippen molar-refractivity contribution in [2.75, 3.05) is 6.61 Å². The number of hydrogen-bond acceptors (Lipinski definition) is 2. The van der Waals surface area contributed by atoms with Crippen LogP contribution in [0, 0.1) is 0 Å². The largest absolute Gasteiger partial charge is 0.397 e. The van der Waals surface area contributed by atoms with E-state index in [0.717, 1.165) is 12.8 Å². The van der Waals surface area contributed by atoms with E-state index in [9.17, 15) is 0 Å². The second kappa shape index (κ2) is 7.03. The molecule has 0 atom stereocenters. The second-order valence-corrected chi connectivity index (χ2v) is 2.88. The predicted octanol–water partition coefficient (Wildman–Crippen LogP) is 1.56. The highest BCUT2D eigenvalue weighted by molar-refractivity contribution is 4.61. The van der Waals surface area contributed by atoms with Gasteiger partial charge in [0.05, 0.1) is 5.60 Å². The molecule has 0 unspecified atom stereocenters. The normalized spacial score (nSPS) is 10.2. The zero-order valence-electron chi connectivity index (χ0n) is 7.52. The van der Waals surface area contributed by atoms with Gasteiger partial charge in [-0.2, -0.15) is 0 Å². The Bertz CT molecular complexity index is 54.8. The van der Waals surface area contributed by atoms with Gasteiger partial charge in [0, 0.05) is 6.61 Å². The van der Waals surface area contributed by atoms with E-state index in [-0.39, 0.29) is 6.61 Å². The summed E-state index contributed by atoms with van der Waals surface area (Å²) in [5.74, 6) is 0. The minimum absolute atomic E-state index is 0.250. The lowest BCUT2D eigenvalue weighted by atomic mass is 10.0. The van der Waals surface area contributed by atoms with Crippen molar-refractivity contribution in [3.8, 4) is 0 Å². The SMILES string of the molecule is CCCC(C)(C)O.CCO. The van der Waals surface area contributed by atoms with Crippen LogP contribution in [0.2, 0.25) is 0 Å². The molecule has 0 aliphatic rings. The Labute approximate surface area is 63.9 Å². The molecule has 0 rings (SSSR count). The van der Waals surface area contributed by atoms with Crippen molar-refractivity contribution in [1.29, 1.82) is 0 Å². The minimum Gasteiger partial charge on any atom is -0.397 e. The molecular weight excluding hydrogens is 128 g/mol. The summed E-state index contributed by atoms with van der Waals surface area (Å²) in [5.41, 5.74) is -0.450. The maximum Gasteiger partial charge on any atom is 0.0591 e. The first-order chi connectivity index (χ1) is 4.47. The molecule has 2 N–H and O–H groups in total. The average molecular weight is 148 g/mol. The summed E-state index contributed by atoms with van der Waals surface area (Å²) >= 11 is 0. The van der Waals surface area contributed by atoms with Crippen molar-refractivity contribution in [2.45, 2.75) is 46.1 Å². The number of rotatable bonds is 2. The van der Waals surface area contributed by atoms with Crippen LogP contribution >= 0.6 is 0 Å². The maximum absolute atomic E-state index is 9.02. The molecule has 0 fully saturated rings. The van der Waals surface area contributed by atoms with Crippen molar-refractivity contribution in [3.63, 3.8) is 0 Å². The van der Waals surface area contributed by atoms with Gasteiger partial charge in [0.1, 0.15) is 0 Å². The van der Waals surface area contributed by atoms with Crippen LogP contribution in [0.4, 0.5) is 0 Å². The Balaban J connectivity index is 0. The van der Waals surface area contributed by atoms with Crippen molar-refractivity contribution in [1.82, 2.24) is 0 Å². The van der Waals surface area contributed by atoms with Gasteiger partial charge in [-0.15, -0.1) is 0 Å². The average Bonchev–Trinajstić information content (AvgIpc) is 1.63. The predicted molar refractivity (Wildman–Crippen MR) is 44.0 cm³/mol. The molecule has 2 nitrogen and oxygen atoms in total. The topological polar surface area (TPSA) is 40.5 Å². The van der Waals surface area contributed by atoms with Gasteiger partial charge in [-0.1, -0.05) is 13.3 Å². The molecule has 0 amide bonds. The third-order valence-corrected chi connectivity index (χ3v) is 0.862. The summed E-state index contributed by atoms with van der Waals surface area (Å²) < 4.78 is 0. The van der Waals surface area contributed by atoms with E-state index in [0.29, 0.717) is 0 Å². The third kappa shape index (κ3) is 24.7. The first kappa shape index (κ1) is 12.6. The Morgan fingerprint density at radius 1 is 1.20 bits per heavy atom. The van der Waals surface area contributed by atoms with Gasteiger partial charge in [0.15, 0.2) is 0 Å². The lowest BCUT2D eigenvalue weighted by Gasteiger charge is -2.14. The maximum atomic E-state index is 9.02. The molecule has 0 bridgehead atoms. The summed E-state index contributed by atoms with van der Waals surface area (Å²) in [4.78, 5) is 0. The first-order valence-corrected chi connectivity index (χ1v) is 3.81. The highest BCUT2D eigenvalue weighted by Gasteiger charge is 2.08. The molecular formula is C8H20O2. The number of aliphatic hydroxyl groups excluding tert-OH is 1.